The van der Waals surface area contributed by atoms with Crippen LogP contribution in [-0.2, 0) is 0 Å². The highest BCUT2D eigenvalue weighted by Gasteiger charge is 2.21. The Kier molecular flexibility index (Phi) is 1.92. The van der Waals surface area contributed by atoms with Gasteiger partial charge in [0.25, 0.3) is 0 Å². The standard InChI is InChI=1S/C12H12N2S/c1-8-6-11(15-7-8)12-13-9-4-2-3-5-10(9)14-12/h2-7,12-14H,1H3. The number of anilines is 2. The Labute approximate surface area is 93.0 Å². The molecule has 2 nitrogen and oxygen atoms in total. The van der Waals surface area contributed by atoms with Crippen LogP contribution in [0.1, 0.15) is 16.6 Å². The quantitative estimate of drug-likeness (QED) is 0.761. The molecule has 0 saturated carbocycles. The van der Waals surface area contributed by atoms with Gasteiger partial charge in [0.15, 0.2) is 0 Å². The molecule has 0 bridgehead atoms. The van der Waals surface area contributed by atoms with Crippen LogP contribution in [0.15, 0.2) is 35.7 Å². The zero-order valence-corrected chi connectivity index (χ0v) is 9.27. The van der Waals surface area contributed by atoms with E-state index in [1.807, 2.05) is 0 Å². The monoisotopic (exact) mass is 216 g/mol. The molecule has 2 aromatic rings. The van der Waals surface area contributed by atoms with E-state index in [-0.39, 0.29) is 6.17 Å². The van der Waals surface area contributed by atoms with Crippen LogP contribution in [-0.4, -0.2) is 0 Å². The van der Waals surface area contributed by atoms with Crippen molar-refractivity contribution in [1.82, 2.24) is 0 Å². The molecule has 3 heteroatoms. The number of thiophene rings is 1. The van der Waals surface area contributed by atoms with Crippen LogP contribution >= 0.6 is 11.3 Å². The van der Waals surface area contributed by atoms with E-state index in [2.05, 4.69) is 53.3 Å². The summed E-state index contributed by atoms with van der Waals surface area (Å²) in [5, 5.41) is 9.11. The van der Waals surface area contributed by atoms with Gasteiger partial charge in [-0.2, -0.15) is 0 Å². The summed E-state index contributed by atoms with van der Waals surface area (Å²) in [7, 11) is 0. The van der Waals surface area contributed by atoms with E-state index in [9.17, 15) is 0 Å². The normalized spacial score (nSPS) is 14.5. The van der Waals surface area contributed by atoms with Crippen molar-refractivity contribution in [2.75, 3.05) is 10.6 Å². The number of fused-ring (bicyclic) bond motifs is 1. The van der Waals surface area contributed by atoms with Crippen molar-refractivity contribution in [3.05, 3.63) is 46.2 Å². The summed E-state index contributed by atoms with van der Waals surface area (Å²) in [5.74, 6) is 0. The van der Waals surface area contributed by atoms with Crippen LogP contribution in [0.25, 0.3) is 0 Å². The molecular formula is C12H12N2S. The van der Waals surface area contributed by atoms with Gasteiger partial charge >= 0.3 is 0 Å². The van der Waals surface area contributed by atoms with Crippen LogP contribution in [0, 0.1) is 6.92 Å². The lowest BCUT2D eigenvalue weighted by Crippen LogP contribution is -2.10. The van der Waals surface area contributed by atoms with E-state index in [0.29, 0.717) is 0 Å². The molecule has 2 heterocycles. The van der Waals surface area contributed by atoms with Gasteiger partial charge in [-0.25, -0.2) is 0 Å². The largest absolute Gasteiger partial charge is 0.359 e. The number of para-hydroxylation sites is 2. The van der Waals surface area contributed by atoms with Gasteiger partial charge in [-0.1, -0.05) is 12.1 Å². The summed E-state index contributed by atoms with van der Waals surface area (Å²) in [4.78, 5) is 1.34. The average Bonchev–Trinajstić information content (AvgIpc) is 2.82. The predicted molar refractivity (Wildman–Crippen MR) is 65.5 cm³/mol. The Morgan fingerprint density at radius 2 is 1.80 bits per heavy atom. The molecule has 15 heavy (non-hydrogen) atoms. The number of benzene rings is 1. The fourth-order valence-electron chi connectivity index (χ4n) is 1.83. The SMILES string of the molecule is Cc1csc(C2Nc3ccccc3N2)c1. The molecule has 0 unspecified atom stereocenters. The molecule has 0 saturated heterocycles. The Hall–Kier alpha value is -1.48. The summed E-state index contributed by atoms with van der Waals surface area (Å²) in [6.45, 7) is 2.13. The van der Waals surface area contributed by atoms with Gasteiger partial charge in [-0.15, -0.1) is 11.3 Å². The van der Waals surface area contributed by atoms with Crippen molar-refractivity contribution in [3.63, 3.8) is 0 Å². The van der Waals surface area contributed by atoms with E-state index >= 15 is 0 Å². The third-order valence-corrected chi connectivity index (χ3v) is 3.68. The van der Waals surface area contributed by atoms with Crippen molar-refractivity contribution in [2.45, 2.75) is 13.1 Å². The third kappa shape index (κ3) is 1.49. The second kappa shape index (κ2) is 3.28. The highest BCUT2D eigenvalue weighted by Crippen LogP contribution is 2.36. The van der Waals surface area contributed by atoms with Crippen molar-refractivity contribution < 1.29 is 0 Å². The average molecular weight is 216 g/mol. The first-order valence-corrected chi connectivity index (χ1v) is 5.88. The fraction of sp³-hybridized carbons (Fsp3) is 0.167. The molecule has 1 aromatic carbocycles. The molecule has 0 amide bonds. The van der Waals surface area contributed by atoms with Crippen LogP contribution in [0.4, 0.5) is 11.4 Å². The van der Waals surface area contributed by atoms with Crippen LogP contribution in [0.5, 0.6) is 0 Å². The number of hydrogen-bond donors (Lipinski definition) is 2. The molecule has 0 radical (unpaired) electrons. The molecule has 0 spiro atoms. The molecule has 1 aliphatic heterocycles. The topological polar surface area (TPSA) is 24.1 Å². The van der Waals surface area contributed by atoms with E-state index in [0.717, 1.165) is 0 Å². The predicted octanol–water partition coefficient (Wildman–Crippen LogP) is 3.59. The summed E-state index contributed by atoms with van der Waals surface area (Å²) in [5.41, 5.74) is 3.71. The van der Waals surface area contributed by atoms with Gasteiger partial charge in [0.2, 0.25) is 0 Å². The smallest absolute Gasteiger partial charge is 0.133 e. The summed E-state index contributed by atoms with van der Waals surface area (Å²) >= 11 is 1.79. The first-order chi connectivity index (χ1) is 7.33. The highest BCUT2D eigenvalue weighted by molar-refractivity contribution is 7.10. The first-order valence-electron chi connectivity index (χ1n) is 5.00. The molecule has 0 aliphatic carbocycles. The lowest BCUT2D eigenvalue weighted by Gasteiger charge is -2.09. The van der Waals surface area contributed by atoms with Gasteiger partial charge in [0.05, 0.1) is 11.4 Å². The van der Waals surface area contributed by atoms with E-state index in [1.165, 1.54) is 21.8 Å². The van der Waals surface area contributed by atoms with E-state index in [1.54, 1.807) is 11.3 Å². The number of rotatable bonds is 1. The third-order valence-electron chi connectivity index (χ3n) is 2.56. The first kappa shape index (κ1) is 8.80. The molecule has 76 valence electrons. The maximum atomic E-state index is 3.46. The number of hydrogen-bond acceptors (Lipinski definition) is 3. The van der Waals surface area contributed by atoms with Crippen molar-refractivity contribution >= 4 is 22.7 Å². The minimum atomic E-state index is 0.237. The zero-order valence-electron chi connectivity index (χ0n) is 8.45. The Morgan fingerprint density at radius 3 is 2.33 bits per heavy atom. The molecule has 1 aromatic heterocycles. The summed E-state index contributed by atoms with van der Waals surface area (Å²) in [6, 6.07) is 10.5. The molecular weight excluding hydrogens is 204 g/mol. The molecule has 0 atom stereocenters. The van der Waals surface area contributed by atoms with Crippen LogP contribution < -0.4 is 10.6 Å². The second-order valence-electron chi connectivity index (χ2n) is 3.79. The van der Waals surface area contributed by atoms with Crippen molar-refractivity contribution in [2.24, 2.45) is 0 Å². The highest BCUT2D eigenvalue weighted by atomic mass is 32.1. The molecule has 1 aliphatic rings. The van der Waals surface area contributed by atoms with Gasteiger partial charge in [-0.05, 0) is 36.1 Å². The molecule has 2 N–H and O–H groups in total. The maximum Gasteiger partial charge on any atom is 0.133 e. The van der Waals surface area contributed by atoms with Gasteiger partial charge in [-0.3, -0.25) is 0 Å². The van der Waals surface area contributed by atoms with Gasteiger partial charge < -0.3 is 10.6 Å². The Bertz CT molecular complexity index is 465. The summed E-state index contributed by atoms with van der Waals surface area (Å²) in [6.07, 6.45) is 0.237. The van der Waals surface area contributed by atoms with E-state index < -0.39 is 0 Å². The van der Waals surface area contributed by atoms with Gasteiger partial charge in [0.1, 0.15) is 6.17 Å². The fourth-order valence-corrected chi connectivity index (χ4v) is 2.73. The lowest BCUT2D eigenvalue weighted by atomic mass is 10.3. The second-order valence-corrected chi connectivity index (χ2v) is 4.74. The number of aryl methyl sites for hydroxylation is 1. The lowest BCUT2D eigenvalue weighted by molar-refractivity contribution is 0.967. The molecule has 3 rings (SSSR count). The Morgan fingerprint density at radius 1 is 1.13 bits per heavy atom. The number of nitrogens with one attached hydrogen (secondary N) is 2. The van der Waals surface area contributed by atoms with Crippen LogP contribution in [0.2, 0.25) is 0 Å². The Balaban J connectivity index is 1.90. The molecule has 0 fully saturated rings. The van der Waals surface area contributed by atoms with Gasteiger partial charge in [0, 0.05) is 4.88 Å². The van der Waals surface area contributed by atoms with Crippen LogP contribution in [0.3, 0.4) is 0 Å². The van der Waals surface area contributed by atoms with E-state index in [4.69, 9.17) is 0 Å². The summed E-state index contributed by atoms with van der Waals surface area (Å²) < 4.78 is 0. The van der Waals surface area contributed by atoms with Crippen molar-refractivity contribution in [1.29, 1.82) is 0 Å². The maximum absolute atomic E-state index is 3.46. The zero-order chi connectivity index (χ0) is 10.3. The minimum absolute atomic E-state index is 0.237. The van der Waals surface area contributed by atoms with Crippen molar-refractivity contribution in [3.8, 4) is 0 Å². The minimum Gasteiger partial charge on any atom is -0.359 e.